The van der Waals surface area contributed by atoms with Crippen LogP contribution >= 0.6 is 0 Å². The number of aromatic nitrogens is 2. The molecule has 1 fully saturated rings. The Morgan fingerprint density at radius 2 is 2.10 bits per heavy atom. The Bertz CT molecular complexity index is 659. The van der Waals surface area contributed by atoms with Gasteiger partial charge < -0.3 is 20.4 Å². The molecule has 6 heteroatoms. The van der Waals surface area contributed by atoms with Gasteiger partial charge in [-0.2, -0.15) is 0 Å². The lowest BCUT2D eigenvalue weighted by Gasteiger charge is -2.23. The lowest BCUT2D eigenvalue weighted by molar-refractivity contribution is 0.0806. The van der Waals surface area contributed by atoms with Crippen molar-refractivity contribution in [1.29, 1.82) is 0 Å². The van der Waals surface area contributed by atoms with Gasteiger partial charge >= 0.3 is 6.03 Å². The molecule has 0 aliphatic carbocycles. The molecule has 0 atom stereocenters. The van der Waals surface area contributed by atoms with E-state index in [0.717, 1.165) is 40.7 Å². The molecule has 2 amide bonds. The van der Waals surface area contributed by atoms with E-state index in [2.05, 4.69) is 20.6 Å². The molecule has 0 radical (unpaired) electrons. The van der Waals surface area contributed by atoms with Crippen molar-refractivity contribution in [3.8, 4) is 0 Å². The normalized spacial score (nSPS) is 16.1. The zero-order valence-corrected chi connectivity index (χ0v) is 12.3. The number of benzene rings is 1. The summed E-state index contributed by atoms with van der Waals surface area (Å²) < 4.78 is 5.29. The maximum Gasteiger partial charge on any atom is 0.319 e. The molecule has 2 heterocycles. The number of imidazole rings is 1. The van der Waals surface area contributed by atoms with Crippen LogP contribution < -0.4 is 10.6 Å². The fourth-order valence-electron chi connectivity index (χ4n) is 2.66. The number of rotatable bonds is 2. The van der Waals surface area contributed by atoms with E-state index in [1.165, 1.54) is 0 Å². The van der Waals surface area contributed by atoms with Crippen LogP contribution in [0, 0.1) is 13.8 Å². The third-order valence-electron chi connectivity index (χ3n) is 4.08. The second-order valence-electron chi connectivity index (χ2n) is 5.46. The van der Waals surface area contributed by atoms with Gasteiger partial charge in [-0.05, 0) is 43.9 Å². The number of nitrogens with zero attached hydrogens (tertiary/aromatic N) is 1. The van der Waals surface area contributed by atoms with Crippen molar-refractivity contribution in [2.75, 3.05) is 18.5 Å². The quantitative estimate of drug-likeness (QED) is 0.794. The smallest absolute Gasteiger partial charge is 0.319 e. The van der Waals surface area contributed by atoms with E-state index in [9.17, 15) is 4.79 Å². The van der Waals surface area contributed by atoms with E-state index in [-0.39, 0.29) is 12.1 Å². The highest BCUT2D eigenvalue weighted by Crippen LogP contribution is 2.26. The van der Waals surface area contributed by atoms with Crippen molar-refractivity contribution < 1.29 is 9.53 Å². The summed E-state index contributed by atoms with van der Waals surface area (Å²) in [7, 11) is 0. The molecule has 1 aromatic heterocycles. The summed E-state index contributed by atoms with van der Waals surface area (Å²) in [5, 5.41) is 5.94. The van der Waals surface area contributed by atoms with Crippen LogP contribution in [-0.4, -0.2) is 35.3 Å². The molecule has 1 aliphatic rings. The lowest BCUT2D eigenvalue weighted by atomic mass is 10.1. The van der Waals surface area contributed by atoms with Gasteiger partial charge in [0.05, 0.1) is 17.4 Å². The minimum atomic E-state index is -0.164. The van der Waals surface area contributed by atoms with Gasteiger partial charge in [-0.25, -0.2) is 9.78 Å². The van der Waals surface area contributed by atoms with Gasteiger partial charge in [-0.15, -0.1) is 0 Å². The molecule has 1 saturated heterocycles. The minimum absolute atomic E-state index is 0.164. The standard InChI is InChI=1S/C15H20N4O2/c1-9-10(2)14-13(16-8-17-14)7-12(9)19-15(20)18-11-3-5-21-6-4-11/h7-8,11H,3-6H2,1-2H3,(H,16,17)(H2,18,19,20). The Morgan fingerprint density at radius 3 is 2.86 bits per heavy atom. The first-order valence-corrected chi connectivity index (χ1v) is 7.23. The average Bonchev–Trinajstić information content (AvgIpc) is 2.94. The molecule has 0 bridgehead atoms. The van der Waals surface area contributed by atoms with Gasteiger partial charge in [0.2, 0.25) is 0 Å². The first-order valence-electron chi connectivity index (χ1n) is 7.23. The maximum atomic E-state index is 12.1. The van der Waals surface area contributed by atoms with E-state index in [4.69, 9.17) is 4.74 Å². The number of amides is 2. The van der Waals surface area contributed by atoms with Crippen LogP contribution in [0.25, 0.3) is 11.0 Å². The largest absolute Gasteiger partial charge is 0.381 e. The van der Waals surface area contributed by atoms with Crippen LogP contribution in [-0.2, 0) is 4.74 Å². The predicted molar refractivity (Wildman–Crippen MR) is 81.6 cm³/mol. The second-order valence-corrected chi connectivity index (χ2v) is 5.46. The molecule has 0 unspecified atom stereocenters. The highest BCUT2D eigenvalue weighted by atomic mass is 16.5. The van der Waals surface area contributed by atoms with Crippen LogP contribution in [0.3, 0.4) is 0 Å². The molecule has 21 heavy (non-hydrogen) atoms. The molecule has 6 nitrogen and oxygen atoms in total. The number of fused-ring (bicyclic) bond motifs is 1. The van der Waals surface area contributed by atoms with Gasteiger partial charge in [0, 0.05) is 24.9 Å². The van der Waals surface area contributed by atoms with Crippen molar-refractivity contribution in [3.05, 3.63) is 23.5 Å². The highest BCUT2D eigenvalue weighted by molar-refractivity contribution is 5.94. The van der Waals surface area contributed by atoms with Crippen LogP contribution in [0.4, 0.5) is 10.5 Å². The summed E-state index contributed by atoms with van der Waals surface area (Å²) in [6.07, 6.45) is 3.40. The van der Waals surface area contributed by atoms with Crippen molar-refractivity contribution in [3.63, 3.8) is 0 Å². The molecule has 112 valence electrons. The number of H-pyrrole nitrogens is 1. The second kappa shape index (κ2) is 5.73. The Kier molecular flexibility index (Phi) is 3.79. The first kappa shape index (κ1) is 13.9. The van der Waals surface area contributed by atoms with Gasteiger partial charge in [0.1, 0.15) is 0 Å². The summed E-state index contributed by atoms with van der Waals surface area (Å²) >= 11 is 0. The Labute approximate surface area is 123 Å². The molecule has 3 N–H and O–H groups in total. The van der Waals surface area contributed by atoms with Crippen molar-refractivity contribution >= 4 is 22.8 Å². The van der Waals surface area contributed by atoms with Gasteiger partial charge in [-0.1, -0.05) is 0 Å². The monoisotopic (exact) mass is 288 g/mol. The third-order valence-corrected chi connectivity index (χ3v) is 4.08. The fraction of sp³-hybridized carbons (Fsp3) is 0.467. The number of nitrogens with one attached hydrogen (secondary N) is 3. The van der Waals surface area contributed by atoms with Crippen LogP contribution in [0.5, 0.6) is 0 Å². The minimum Gasteiger partial charge on any atom is -0.381 e. The summed E-state index contributed by atoms with van der Waals surface area (Å²) in [6.45, 7) is 5.43. The lowest BCUT2D eigenvalue weighted by Crippen LogP contribution is -2.41. The maximum absolute atomic E-state index is 12.1. The topological polar surface area (TPSA) is 79.0 Å². The number of carbonyl (C=O) groups excluding carboxylic acids is 1. The van der Waals surface area contributed by atoms with E-state index < -0.39 is 0 Å². The molecular formula is C15H20N4O2. The van der Waals surface area contributed by atoms with Crippen molar-refractivity contribution in [2.24, 2.45) is 0 Å². The van der Waals surface area contributed by atoms with Crippen molar-refractivity contribution in [2.45, 2.75) is 32.7 Å². The number of anilines is 1. The molecule has 1 aliphatic heterocycles. The number of aryl methyl sites for hydroxylation is 1. The van der Waals surface area contributed by atoms with Gasteiger partial charge in [0.25, 0.3) is 0 Å². The number of aromatic amines is 1. The summed E-state index contributed by atoms with van der Waals surface area (Å²) in [5.41, 5.74) is 4.81. The molecular weight excluding hydrogens is 268 g/mol. The van der Waals surface area contributed by atoms with Gasteiger partial charge in [0.15, 0.2) is 0 Å². The van der Waals surface area contributed by atoms with E-state index in [0.29, 0.717) is 13.2 Å². The number of carbonyl (C=O) groups is 1. The average molecular weight is 288 g/mol. The first-order chi connectivity index (χ1) is 10.1. The fourth-order valence-corrected chi connectivity index (χ4v) is 2.66. The molecule has 1 aromatic carbocycles. The van der Waals surface area contributed by atoms with Crippen LogP contribution in [0.1, 0.15) is 24.0 Å². The number of ether oxygens (including phenoxy) is 1. The number of urea groups is 1. The third kappa shape index (κ3) is 2.85. The molecule has 3 rings (SSSR count). The molecule has 2 aromatic rings. The Hall–Kier alpha value is -2.08. The number of hydrogen-bond donors (Lipinski definition) is 3. The van der Waals surface area contributed by atoms with Crippen LogP contribution in [0.15, 0.2) is 12.4 Å². The predicted octanol–water partition coefficient (Wildman–Crippen LogP) is 2.48. The van der Waals surface area contributed by atoms with Crippen LogP contribution in [0.2, 0.25) is 0 Å². The van der Waals surface area contributed by atoms with E-state index in [1.54, 1.807) is 6.33 Å². The van der Waals surface area contributed by atoms with Crippen molar-refractivity contribution in [1.82, 2.24) is 15.3 Å². The summed E-state index contributed by atoms with van der Waals surface area (Å²) in [6, 6.07) is 1.95. The van der Waals surface area contributed by atoms with Gasteiger partial charge in [-0.3, -0.25) is 0 Å². The number of hydrogen-bond acceptors (Lipinski definition) is 3. The van der Waals surface area contributed by atoms with E-state index in [1.807, 2.05) is 19.9 Å². The SMILES string of the molecule is Cc1c(NC(=O)NC2CCOCC2)cc2[nH]cnc2c1C. The molecule has 0 saturated carbocycles. The summed E-state index contributed by atoms with van der Waals surface area (Å²) in [4.78, 5) is 19.5. The Balaban J connectivity index is 1.74. The van der Waals surface area contributed by atoms with E-state index >= 15 is 0 Å². The molecule has 0 spiro atoms. The Morgan fingerprint density at radius 1 is 1.33 bits per heavy atom. The highest BCUT2D eigenvalue weighted by Gasteiger charge is 2.17. The zero-order valence-electron chi connectivity index (χ0n) is 12.3. The summed E-state index contributed by atoms with van der Waals surface area (Å²) in [5.74, 6) is 0. The zero-order chi connectivity index (χ0) is 14.8.